The molecule has 0 aromatic heterocycles. The Morgan fingerprint density at radius 3 is 2.45 bits per heavy atom. The number of methoxy groups -OCH3 is 1. The highest BCUT2D eigenvalue weighted by atomic mass is 32.2. The Kier molecular flexibility index (Phi) is 4.46. The van der Waals surface area contributed by atoms with Crippen molar-refractivity contribution in [2.75, 3.05) is 7.11 Å². The van der Waals surface area contributed by atoms with Crippen LogP contribution in [0.2, 0.25) is 0 Å². The third-order valence-corrected chi connectivity index (χ3v) is 6.00. The quantitative estimate of drug-likeness (QED) is 0.858. The van der Waals surface area contributed by atoms with Gasteiger partial charge in [-0.15, -0.1) is 0 Å². The van der Waals surface area contributed by atoms with Gasteiger partial charge < -0.3 is 4.74 Å². The molecular formula is C14H20FNO3S. The van der Waals surface area contributed by atoms with Crippen molar-refractivity contribution < 1.29 is 17.5 Å². The Labute approximate surface area is 119 Å². The van der Waals surface area contributed by atoms with Crippen molar-refractivity contribution in [2.45, 2.75) is 49.8 Å². The highest BCUT2D eigenvalue weighted by Gasteiger charge is 2.42. The first-order valence-corrected chi connectivity index (χ1v) is 8.14. The van der Waals surface area contributed by atoms with Gasteiger partial charge in [-0.05, 0) is 51.0 Å². The molecule has 1 heterocycles. The average molecular weight is 301 g/mol. The number of halogens is 1. The van der Waals surface area contributed by atoms with E-state index in [0.29, 0.717) is 0 Å². The molecule has 1 aromatic rings. The van der Waals surface area contributed by atoms with E-state index >= 15 is 0 Å². The Balaban J connectivity index is 2.38. The summed E-state index contributed by atoms with van der Waals surface area (Å²) in [6.45, 7) is 3.76. The maximum Gasteiger partial charge on any atom is 0.243 e. The summed E-state index contributed by atoms with van der Waals surface area (Å²) in [5, 5.41) is 0. The zero-order chi connectivity index (χ0) is 14.9. The van der Waals surface area contributed by atoms with Crippen LogP contribution in [0, 0.1) is 5.82 Å². The second-order valence-corrected chi connectivity index (χ2v) is 7.07. The van der Waals surface area contributed by atoms with E-state index in [1.54, 1.807) is 7.11 Å². The maximum absolute atomic E-state index is 13.0. The Hall–Kier alpha value is -0.980. The predicted octanol–water partition coefficient (Wildman–Crippen LogP) is 2.40. The van der Waals surface area contributed by atoms with E-state index in [1.165, 1.54) is 28.6 Å². The monoisotopic (exact) mass is 301 g/mol. The van der Waals surface area contributed by atoms with E-state index in [-0.39, 0.29) is 23.1 Å². The summed E-state index contributed by atoms with van der Waals surface area (Å²) in [5.41, 5.74) is 0. The fourth-order valence-electron chi connectivity index (χ4n) is 2.74. The van der Waals surface area contributed by atoms with Crippen molar-refractivity contribution in [1.29, 1.82) is 0 Å². The van der Waals surface area contributed by atoms with Gasteiger partial charge in [-0.2, -0.15) is 4.31 Å². The largest absolute Gasteiger partial charge is 0.380 e. The van der Waals surface area contributed by atoms with Gasteiger partial charge >= 0.3 is 0 Å². The van der Waals surface area contributed by atoms with Gasteiger partial charge in [0.2, 0.25) is 10.0 Å². The number of hydrogen-bond acceptors (Lipinski definition) is 3. The molecule has 0 aliphatic carbocycles. The Morgan fingerprint density at radius 2 is 1.90 bits per heavy atom. The van der Waals surface area contributed by atoms with E-state index in [0.717, 1.165) is 12.8 Å². The molecule has 1 aliphatic rings. The van der Waals surface area contributed by atoms with Crippen molar-refractivity contribution in [1.82, 2.24) is 4.31 Å². The standard InChI is InChI=1S/C14H20FNO3S/c1-10-4-9-14(11(2)19-3)16(10)20(17,18)13-7-5-12(15)6-8-13/h5-8,10-11,14H,4,9H2,1-3H3/t10-,11?,14-/m0/s1. The van der Waals surface area contributed by atoms with Crippen LogP contribution in [0.25, 0.3) is 0 Å². The van der Waals surface area contributed by atoms with E-state index in [2.05, 4.69) is 0 Å². The number of sulfonamides is 1. The van der Waals surface area contributed by atoms with Gasteiger partial charge in [0.1, 0.15) is 5.82 Å². The molecule has 4 nitrogen and oxygen atoms in total. The number of nitrogens with zero attached hydrogens (tertiary/aromatic N) is 1. The predicted molar refractivity (Wildman–Crippen MR) is 74.4 cm³/mol. The first-order chi connectivity index (χ1) is 9.37. The summed E-state index contributed by atoms with van der Waals surface area (Å²) in [6, 6.07) is 4.71. The van der Waals surface area contributed by atoms with Crippen LogP contribution in [0.5, 0.6) is 0 Å². The number of hydrogen-bond donors (Lipinski definition) is 0. The molecule has 3 atom stereocenters. The van der Waals surface area contributed by atoms with Crippen LogP contribution in [-0.2, 0) is 14.8 Å². The van der Waals surface area contributed by atoms with Gasteiger partial charge in [0.25, 0.3) is 0 Å². The molecule has 20 heavy (non-hydrogen) atoms. The Morgan fingerprint density at radius 1 is 1.30 bits per heavy atom. The first kappa shape index (κ1) is 15.4. The van der Waals surface area contributed by atoms with Crippen LogP contribution in [0.1, 0.15) is 26.7 Å². The molecule has 2 rings (SSSR count). The second kappa shape index (κ2) is 5.79. The molecule has 1 fully saturated rings. The minimum Gasteiger partial charge on any atom is -0.380 e. The SMILES string of the molecule is COC(C)[C@@H]1CC[C@H](C)N1S(=O)(=O)c1ccc(F)cc1. The topological polar surface area (TPSA) is 46.6 Å². The molecule has 112 valence electrons. The average Bonchev–Trinajstić information content (AvgIpc) is 2.81. The summed E-state index contributed by atoms with van der Waals surface area (Å²) >= 11 is 0. The zero-order valence-corrected chi connectivity index (χ0v) is 12.7. The van der Waals surface area contributed by atoms with Crippen LogP contribution in [0.3, 0.4) is 0 Å². The van der Waals surface area contributed by atoms with Gasteiger partial charge in [-0.1, -0.05) is 0 Å². The lowest BCUT2D eigenvalue weighted by Crippen LogP contribution is -2.45. The van der Waals surface area contributed by atoms with Crippen molar-refractivity contribution in [3.63, 3.8) is 0 Å². The van der Waals surface area contributed by atoms with Crippen molar-refractivity contribution >= 4 is 10.0 Å². The van der Waals surface area contributed by atoms with Crippen LogP contribution >= 0.6 is 0 Å². The van der Waals surface area contributed by atoms with Crippen LogP contribution in [-0.4, -0.2) is 38.0 Å². The van der Waals surface area contributed by atoms with Crippen molar-refractivity contribution in [3.8, 4) is 0 Å². The molecule has 0 bridgehead atoms. The van der Waals surface area contributed by atoms with Gasteiger partial charge in [0, 0.05) is 13.2 Å². The third kappa shape index (κ3) is 2.73. The lowest BCUT2D eigenvalue weighted by molar-refractivity contribution is 0.0638. The smallest absolute Gasteiger partial charge is 0.243 e. The third-order valence-electron chi connectivity index (χ3n) is 3.94. The number of benzene rings is 1. The summed E-state index contributed by atoms with van der Waals surface area (Å²) in [6.07, 6.45) is 1.41. The Bertz CT molecular complexity index is 558. The van der Waals surface area contributed by atoms with Gasteiger partial charge in [0.05, 0.1) is 17.0 Å². The molecule has 6 heteroatoms. The van der Waals surface area contributed by atoms with E-state index in [9.17, 15) is 12.8 Å². The molecule has 1 aliphatic heterocycles. The maximum atomic E-state index is 13.0. The van der Waals surface area contributed by atoms with Crippen molar-refractivity contribution in [3.05, 3.63) is 30.1 Å². The number of ether oxygens (including phenoxy) is 1. The fourth-order valence-corrected chi connectivity index (χ4v) is 4.67. The molecule has 0 spiro atoms. The minimum absolute atomic E-state index is 0.0762. The van der Waals surface area contributed by atoms with Gasteiger partial charge in [-0.3, -0.25) is 0 Å². The normalized spacial score (nSPS) is 25.8. The van der Waals surface area contributed by atoms with E-state index in [4.69, 9.17) is 4.74 Å². The summed E-state index contributed by atoms with van der Waals surface area (Å²) in [7, 11) is -2.04. The zero-order valence-electron chi connectivity index (χ0n) is 11.9. The summed E-state index contributed by atoms with van der Waals surface area (Å²) in [5.74, 6) is -0.444. The molecule has 0 saturated carbocycles. The van der Waals surface area contributed by atoms with Gasteiger partial charge in [-0.25, -0.2) is 12.8 Å². The van der Waals surface area contributed by atoms with Crippen molar-refractivity contribution in [2.24, 2.45) is 0 Å². The molecular weight excluding hydrogens is 281 g/mol. The first-order valence-electron chi connectivity index (χ1n) is 6.70. The van der Waals surface area contributed by atoms with Crippen LogP contribution in [0.15, 0.2) is 29.2 Å². The van der Waals surface area contributed by atoms with E-state index < -0.39 is 15.8 Å². The molecule has 0 radical (unpaired) electrons. The highest BCUT2D eigenvalue weighted by molar-refractivity contribution is 7.89. The molecule has 1 aromatic carbocycles. The fraction of sp³-hybridized carbons (Fsp3) is 0.571. The molecule has 0 N–H and O–H groups in total. The molecule has 1 unspecified atom stereocenters. The van der Waals surface area contributed by atoms with E-state index in [1.807, 2.05) is 13.8 Å². The summed E-state index contributed by atoms with van der Waals surface area (Å²) in [4.78, 5) is 0.126. The molecule has 1 saturated heterocycles. The number of rotatable bonds is 4. The van der Waals surface area contributed by atoms with Gasteiger partial charge in [0.15, 0.2) is 0 Å². The van der Waals surface area contributed by atoms with Crippen LogP contribution < -0.4 is 0 Å². The lowest BCUT2D eigenvalue weighted by atomic mass is 10.1. The highest BCUT2D eigenvalue weighted by Crippen LogP contribution is 2.33. The second-order valence-electron chi connectivity index (χ2n) is 5.22. The van der Waals surface area contributed by atoms with Crippen LogP contribution in [0.4, 0.5) is 4.39 Å². The minimum atomic E-state index is -3.62. The summed E-state index contributed by atoms with van der Waals surface area (Å²) < 4.78 is 45.2. The lowest BCUT2D eigenvalue weighted by Gasteiger charge is -2.30. The molecule has 0 amide bonds.